The summed E-state index contributed by atoms with van der Waals surface area (Å²) in [7, 11) is 0. The Kier molecular flexibility index (Phi) is 5.71. The van der Waals surface area contributed by atoms with Crippen molar-refractivity contribution < 1.29 is 9.21 Å². The Bertz CT molecular complexity index is 1090. The summed E-state index contributed by atoms with van der Waals surface area (Å²) in [4.78, 5) is 20.7. The van der Waals surface area contributed by atoms with E-state index in [0.29, 0.717) is 42.5 Å². The van der Waals surface area contributed by atoms with Gasteiger partial charge in [-0.2, -0.15) is 5.10 Å². The number of carbonyl (C=O) groups excluding carboxylic acids is 1. The van der Waals surface area contributed by atoms with E-state index < -0.39 is 0 Å². The second kappa shape index (κ2) is 8.74. The van der Waals surface area contributed by atoms with Crippen molar-refractivity contribution in [3.8, 4) is 0 Å². The van der Waals surface area contributed by atoms with Gasteiger partial charge < -0.3 is 15.1 Å². The molecule has 0 aliphatic carbocycles. The van der Waals surface area contributed by atoms with E-state index in [1.165, 1.54) is 6.33 Å². The van der Waals surface area contributed by atoms with Crippen LogP contribution >= 0.6 is 11.6 Å². The minimum Gasteiger partial charge on any atom is -0.467 e. The normalized spacial score (nSPS) is 10.9. The fraction of sp³-hybridized carbons (Fsp3) is 0.200. The van der Waals surface area contributed by atoms with Crippen LogP contribution in [0.1, 0.15) is 11.3 Å². The van der Waals surface area contributed by atoms with Crippen molar-refractivity contribution in [3.05, 3.63) is 71.5 Å². The fourth-order valence-corrected chi connectivity index (χ4v) is 3.06. The maximum atomic E-state index is 12.1. The SMILES string of the molecule is O=C(Cc1ccc(Cl)cc1)NCCn1ncc2c(NCc3ccco3)ncnc21. The Morgan fingerprint density at radius 1 is 1.17 bits per heavy atom. The van der Waals surface area contributed by atoms with Gasteiger partial charge in [0, 0.05) is 11.6 Å². The first-order valence-corrected chi connectivity index (χ1v) is 9.51. The monoisotopic (exact) mass is 410 g/mol. The van der Waals surface area contributed by atoms with Gasteiger partial charge in [0.15, 0.2) is 5.65 Å². The van der Waals surface area contributed by atoms with E-state index in [9.17, 15) is 4.79 Å². The molecule has 4 aromatic rings. The number of nitrogens with one attached hydrogen (secondary N) is 2. The molecule has 9 heteroatoms. The molecule has 148 valence electrons. The first kappa shape index (κ1) is 18.9. The van der Waals surface area contributed by atoms with Crippen LogP contribution in [0.3, 0.4) is 0 Å². The number of halogens is 1. The predicted molar refractivity (Wildman–Crippen MR) is 110 cm³/mol. The molecular weight excluding hydrogens is 392 g/mol. The third-order valence-electron chi connectivity index (χ3n) is 4.37. The average Bonchev–Trinajstić information content (AvgIpc) is 3.38. The zero-order valence-corrected chi connectivity index (χ0v) is 16.3. The van der Waals surface area contributed by atoms with Crippen molar-refractivity contribution in [2.24, 2.45) is 0 Å². The van der Waals surface area contributed by atoms with Crippen LogP contribution in [0.5, 0.6) is 0 Å². The van der Waals surface area contributed by atoms with E-state index in [1.807, 2.05) is 24.3 Å². The molecule has 0 saturated heterocycles. The van der Waals surface area contributed by atoms with Crippen molar-refractivity contribution in [3.63, 3.8) is 0 Å². The van der Waals surface area contributed by atoms with Crippen LogP contribution in [0.25, 0.3) is 11.0 Å². The molecule has 1 amide bonds. The Hall–Kier alpha value is -3.39. The first-order chi connectivity index (χ1) is 14.2. The van der Waals surface area contributed by atoms with Crippen molar-refractivity contribution in [2.75, 3.05) is 11.9 Å². The number of hydrogen-bond acceptors (Lipinski definition) is 6. The summed E-state index contributed by atoms with van der Waals surface area (Å²) in [6.07, 6.45) is 5.14. The molecule has 2 N–H and O–H groups in total. The number of fused-ring (bicyclic) bond motifs is 1. The lowest BCUT2D eigenvalue weighted by atomic mass is 10.1. The molecule has 0 aliphatic rings. The molecule has 0 spiro atoms. The molecule has 0 fully saturated rings. The summed E-state index contributed by atoms with van der Waals surface area (Å²) >= 11 is 5.86. The number of furan rings is 1. The quantitative estimate of drug-likeness (QED) is 0.463. The molecule has 0 aliphatic heterocycles. The highest BCUT2D eigenvalue weighted by Gasteiger charge is 2.10. The molecule has 0 radical (unpaired) electrons. The number of hydrogen-bond donors (Lipinski definition) is 2. The van der Waals surface area contributed by atoms with Gasteiger partial charge in [0.25, 0.3) is 0 Å². The van der Waals surface area contributed by atoms with Crippen LogP contribution in [0.15, 0.2) is 59.6 Å². The van der Waals surface area contributed by atoms with Crippen LogP contribution in [-0.2, 0) is 24.3 Å². The van der Waals surface area contributed by atoms with Crippen LogP contribution in [0.4, 0.5) is 5.82 Å². The lowest BCUT2D eigenvalue weighted by Gasteiger charge is -2.07. The number of aromatic nitrogens is 4. The zero-order chi connectivity index (χ0) is 20.1. The summed E-state index contributed by atoms with van der Waals surface area (Å²) in [6, 6.07) is 11.0. The van der Waals surface area contributed by atoms with Gasteiger partial charge in [-0.15, -0.1) is 0 Å². The van der Waals surface area contributed by atoms with Crippen LogP contribution in [-0.4, -0.2) is 32.2 Å². The smallest absolute Gasteiger partial charge is 0.224 e. The fourth-order valence-electron chi connectivity index (χ4n) is 2.93. The van der Waals surface area contributed by atoms with Crippen molar-refractivity contribution >= 4 is 34.4 Å². The van der Waals surface area contributed by atoms with Gasteiger partial charge in [0.2, 0.25) is 5.91 Å². The van der Waals surface area contributed by atoms with Crippen LogP contribution in [0, 0.1) is 0 Å². The predicted octanol–water partition coefficient (Wildman–Crippen LogP) is 3.04. The number of benzene rings is 1. The Labute approximate surface area is 171 Å². The molecule has 0 unspecified atom stereocenters. The molecule has 8 nitrogen and oxygen atoms in total. The third-order valence-corrected chi connectivity index (χ3v) is 4.62. The van der Waals surface area contributed by atoms with E-state index in [-0.39, 0.29) is 5.91 Å². The number of rotatable bonds is 8. The van der Waals surface area contributed by atoms with Crippen LogP contribution < -0.4 is 10.6 Å². The third kappa shape index (κ3) is 4.72. The Morgan fingerprint density at radius 3 is 2.83 bits per heavy atom. The molecule has 3 aromatic heterocycles. The topological polar surface area (TPSA) is 97.9 Å². The molecule has 0 bridgehead atoms. The van der Waals surface area contributed by atoms with E-state index in [0.717, 1.165) is 16.7 Å². The first-order valence-electron chi connectivity index (χ1n) is 9.13. The molecule has 29 heavy (non-hydrogen) atoms. The maximum absolute atomic E-state index is 12.1. The number of nitrogens with zero attached hydrogens (tertiary/aromatic N) is 4. The lowest BCUT2D eigenvalue weighted by Crippen LogP contribution is -2.28. The van der Waals surface area contributed by atoms with Gasteiger partial charge in [-0.25, -0.2) is 14.6 Å². The van der Waals surface area contributed by atoms with Gasteiger partial charge in [-0.3, -0.25) is 4.79 Å². The molecule has 4 rings (SSSR count). The zero-order valence-electron chi connectivity index (χ0n) is 15.5. The van der Waals surface area contributed by atoms with Gasteiger partial charge in [0.05, 0.1) is 37.4 Å². The lowest BCUT2D eigenvalue weighted by molar-refractivity contribution is -0.120. The summed E-state index contributed by atoms with van der Waals surface area (Å²) < 4.78 is 7.07. The van der Waals surface area contributed by atoms with Crippen LogP contribution in [0.2, 0.25) is 5.02 Å². The molecular formula is C20H19ClN6O2. The molecule has 0 saturated carbocycles. The number of carbonyl (C=O) groups is 1. The Balaban J connectivity index is 1.34. The summed E-state index contributed by atoms with van der Waals surface area (Å²) in [5.41, 5.74) is 1.62. The second-order valence-electron chi connectivity index (χ2n) is 6.41. The van der Waals surface area contributed by atoms with Gasteiger partial charge in [-0.05, 0) is 29.8 Å². The Morgan fingerprint density at radius 2 is 2.03 bits per heavy atom. The van der Waals surface area contributed by atoms with Gasteiger partial charge >= 0.3 is 0 Å². The van der Waals surface area contributed by atoms with Crippen molar-refractivity contribution in [2.45, 2.75) is 19.5 Å². The highest BCUT2D eigenvalue weighted by Crippen LogP contribution is 2.19. The standard InChI is InChI=1S/C20H19ClN6O2/c21-15-5-3-14(4-6-15)10-18(28)22-7-8-27-20-17(12-26-27)19(24-13-25-20)23-11-16-2-1-9-29-16/h1-6,9,12-13H,7-8,10-11H2,(H,22,28)(H,23,24,25). The summed E-state index contributed by atoms with van der Waals surface area (Å²) in [5.74, 6) is 1.44. The summed E-state index contributed by atoms with van der Waals surface area (Å²) in [5, 5.41) is 12.0. The van der Waals surface area contributed by atoms with E-state index in [1.54, 1.807) is 29.3 Å². The van der Waals surface area contributed by atoms with Crippen molar-refractivity contribution in [1.29, 1.82) is 0 Å². The van der Waals surface area contributed by atoms with E-state index in [4.69, 9.17) is 16.0 Å². The van der Waals surface area contributed by atoms with Crippen molar-refractivity contribution in [1.82, 2.24) is 25.1 Å². The maximum Gasteiger partial charge on any atom is 0.224 e. The van der Waals surface area contributed by atoms with E-state index >= 15 is 0 Å². The number of amides is 1. The van der Waals surface area contributed by atoms with E-state index in [2.05, 4.69) is 25.7 Å². The highest BCUT2D eigenvalue weighted by molar-refractivity contribution is 6.30. The molecule has 0 atom stereocenters. The largest absolute Gasteiger partial charge is 0.467 e. The number of anilines is 1. The minimum absolute atomic E-state index is 0.0563. The van der Waals surface area contributed by atoms with Gasteiger partial charge in [0.1, 0.15) is 17.9 Å². The van der Waals surface area contributed by atoms with Gasteiger partial charge in [-0.1, -0.05) is 23.7 Å². The molecule has 1 aromatic carbocycles. The minimum atomic E-state index is -0.0563. The second-order valence-corrected chi connectivity index (χ2v) is 6.85. The summed E-state index contributed by atoms with van der Waals surface area (Å²) in [6.45, 7) is 1.47. The molecule has 3 heterocycles. The average molecular weight is 411 g/mol. The highest BCUT2D eigenvalue weighted by atomic mass is 35.5.